The van der Waals surface area contributed by atoms with Crippen LogP contribution in [0.4, 0.5) is 0 Å². The Morgan fingerprint density at radius 2 is 2.42 bits per heavy atom. The number of hydrogen-bond acceptors (Lipinski definition) is 2. The fourth-order valence-corrected chi connectivity index (χ4v) is 1.23. The summed E-state index contributed by atoms with van der Waals surface area (Å²) < 4.78 is 5.68. The van der Waals surface area contributed by atoms with Crippen LogP contribution >= 0.6 is 27.5 Å². The van der Waals surface area contributed by atoms with E-state index < -0.39 is 5.97 Å². The van der Waals surface area contributed by atoms with E-state index in [0.717, 1.165) is 0 Å². The Hall–Kier alpha value is -0.480. The van der Waals surface area contributed by atoms with Crippen LogP contribution in [-0.4, -0.2) is 11.1 Å². The van der Waals surface area contributed by atoms with Crippen molar-refractivity contribution in [2.75, 3.05) is 0 Å². The van der Waals surface area contributed by atoms with Crippen molar-refractivity contribution in [3.05, 3.63) is 21.5 Å². The average molecular weight is 253 g/mol. The molecule has 1 heterocycles. The van der Waals surface area contributed by atoms with E-state index >= 15 is 0 Å². The molecule has 0 saturated carbocycles. The van der Waals surface area contributed by atoms with Crippen LogP contribution in [0.3, 0.4) is 0 Å². The second-order valence-corrected chi connectivity index (χ2v) is 3.43. The maximum absolute atomic E-state index is 10.2. The van der Waals surface area contributed by atoms with Gasteiger partial charge in [-0.3, -0.25) is 4.79 Å². The Morgan fingerprint density at radius 1 is 1.75 bits per heavy atom. The zero-order chi connectivity index (χ0) is 9.14. The predicted molar refractivity (Wildman–Crippen MR) is 47.4 cm³/mol. The van der Waals surface area contributed by atoms with E-state index in [1.165, 1.54) is 0 Å². The van der Waals surface area contributed by atoms with Crippen molar-refractivity contribution in [2.45, 2.75) is 12.8 Å². The summed E-state index contributed by atoms with van der Waals surface area (Å²) in [6.07, 6.45) is 0.414. The molecule has 0 fully saturated rings. The van der Waals surface area contributed by atoms with Crippen molar-refractivity contribution >= 4 is 33.5 Å². The maximum Gasteiger partial charge on any atom is 0.303 e. The van der Waals surface area contributed by atoms with Crippen LogP contribution in [0, 0.1) is 0 Å². The third kappa shape index (κ3) is 2.53. The largest absolute Gasteiger partial charge is 0.481 e. The molecular weight excluding hydrogens is 247 g/mol. The lowest BCUT2D eigenvalue weighted by Crippen LogP contribution is -1.95. The van der Waals surface area contributed by atoms with Crippen molar-refractivity contribution in [1.29, 1.82) is 0 Å². The van der Waals surface area contributed by atoms with Crippen molar-refractivity contribution < 1.29 is 14.3 Å². The number of rotatable bonds is 3. The molecule has 0 atom stereocenters. The van der Waals surface area contributed by atoms with Gasteiger partial charge in [0.1, 0.15) is 5.76 Å². The zero-order valence-electron chi connectivity index (χ0n) is 6.01. The van der Waals surface area contributed by atoms with Gasteiger partial charge >= 0.3 is 5.97 Å². The summed E-state index contributed by atoms with van der Waals surface area (Å²) in [6.45, 7) is 0. The second-order valence-electron chi connectivity index (χ2n) is 2.23. The first-order valence-electron chi connectivity index (χ1n) is 3.25. The first-order chi connectivity index (χ1) is 5.59. The molecule has 1 N–H and O–H groups in total. The summed E-state index contributed by atoms with van der Waals surface area (Å²) in [4.78, 5) is 10.2. The summed E-state index contributed by atoms with van der Waals surface area (Å²) in [5.74, 6) is -0.270. The van der Waals surface area contributed by atoms with Crippen LogP contribution in [0.5, 0.6) is 0 Å². The number of carboxylic acids is 1. The van der Waals surface area contributed by atoms with Crippen molar-refractivity contribution in [1.82, 2.24) is 0 Å². The molecule has 0 bridgehead atoms. The van der Waals surface area contributed by atoms with Gasteiger partial charge in [-0.15, -0.1) is 0 Å². The Balaban J connectivity index is 2.58. The SMILES string of the molecule is O=C(O)CCc1cc(Br)c(Cl)o1. The van der Waals surface area contributed by atoms with Gasteiger partial charge in [-0.25, -0.2) is 0 Å². The normalized spacial score (nSPS) is 10.2. The summed E-state index contributed by atoms with van der Waals surface area (Å²) in [6, 6.07) is 1.67. The first kappa shape index (κ1) is 9.61. The molecule has 12 heavy (non-hydrogen) atoms. The average Bonchev–Trinajstić information content (AvgIpc) is 2.28. The minimum absolute atomic E-state index is 0.0519. The molecule has 0 aliphatic heterocycles. The van der Waals surface area contributed by atoms with Gasteiger partial charge in [0, 0.05) is 6.42 Å². The van der Waals surface area contributed by atoms with Crippen molar-refractivity contribution in [3.63, 3.8) is 0 Å². The first-order valence-corrected chi connectivity index (χ1v) is 4.42. The number of furan rings is 1. The molecule has 3 nitrogen and oxygen atoms in total. The van der Waals surface area contributed by atoms with Crippen LogP contribution < -0.4 is 0 Å². The van der Waals surface area contributed by atoms with E-state index in [2.05, 4.69) is 15.9 Å². The molecule has 0 radical (unpaired) electrons. The van der Waals surface area contributed by atoms with Gasteiger partial charge in [-0.05, 0) is 33.6 Å². The topological polar surface area (TPSA) is 50.4 Å². The number of hydrogen-bond donors (Lipinski definition) is 1. The molecule has 0 saturated heterocycles. The van der Waals surface area contributed by atoms with Crippen LogP contribution in [0.25, 0.3) is 0 Å². The lowest BCUT2D eigenvalue weighted by atomic mass is 10.2. The van der Waals surface area contributed by atoms with E-state index in [1.54, 1.807) is 6.07 Å². The molecule has 1 rings (SSSR count). The maximum atomic E-state index is 10.2. The van der Waals surface area contributed by atoms with E-state index in [4.69, 9.17) is 21.1 Å². The number of carboxylic acid groups (broad SMARTS) is 1. The van der Waals surface area contributed by atoms with Gasteiger partial charge in [-0.1, -0.05) is 0 Å². The van der Waals surface area contributed by atoms with Gasteiger partial charge < -0.3 is 9.52 Å². The minimum atomic E-state index is -0.848. The summed E-state index contributed by atoms with van der Waals surface area (Å²) in [5.41, 5.74) is 0. The Morgan fingerprint density at radius 3 is 2.83 bits per heavy atom. The molecule has 0 unspecified atom stereocenters. The van der Waals surface area contributed by atoms with Crippen molar-refractivity contribution in [3.8, 4) is 0 Å². The van der Waals surface area contributed by atoms with Gasteiger partial charge in [0.2, 0.25) is 5.22 Å². The minimum Gasteiger partial charge on any atom is -0.481 e. The Kier molecular flexibility index (Phi) is 3.17. The number of halogens is 2. The Labute approximate surface area is 82.4 Å². The fraction of sp³-hybridized carbons (Fsp3) is 0.286. The lowest BCUT2D eigenvalue weighted by Gasteiger charge is -1.89. The number of aliphatic carboxylic acids is 1. The summed E-state index contributed by atoms with van der Waals surface area (Å²) in [7, 11) is 0. The van der Waals surface area contributed by atoms with E-state index in [-0.39, 0.29) is 11.6 Å². The summed E-state index contributed by atoms with van der Waals surface area (Å²) >= 11 is 8.73. The third-order valence-electron chi connectivity index (χ3n) is 1.28. The molecule has 0 amide bonds. The zero-order valence-corrected chi connectivity index (χ0v) is 8.35. The van der Waals surface area contributed by atoms with Crippen molar-refractivity contribution in [2.24, 2.45) is 0 Å². The van der Waals surface area contributed by atoms with Crippen LogP contribution in [-0.2, 0) is 11.2 Å². The fourth-order valence-electron chi connectivity index (χ4n) is 0.745. The standard InChI is InChI=1S/C7H6BrClO3/c8-5-3-4(12-7(5)9)1-2-6(10)11/h3H,1-2H2,(H,10,11). The third-order valence-corrected chi connectivity index (χ3v) is 2.38. The molecule has 1 aromatic rings. The van der Waals surface area contributed by atoms with Crippen LogP contribution in [0.15, 0.2) is 15.0 Å². The highest BCUT2D eigenvalue weighted by atomic mass is 79.9. The molecule has 1 aromatic heterocycles. The number of carbonyl (C=O) groups is 1. The molecule has 0 spiro atoms. The predicted octanol–water partition coefficient (Wildman–Crippen LogP) is 2.71. The molecule has 0 aliphatic carbocycles. The highest BCUT2D eigenvalue weighted by molar-refractivity contribution is 9.10. The molecule has 0 aromatic carbocycles. The smallest absolute Gasteiger partial charge is 0.303 e. The van der Waals surface area contributed by atoms with Gasteiger partial charge in [0.15, 0.2) is 0 Å². The van der Waals surface area contributed by atoms with E-state index in [1.807, 2.05) is 0 Å². The van der Waals surface area contributed by atoms with Gasteiger partial charge in [-0.2, -0.15) is 0 Å². The quantitative estimate of drug-likeness (QED) is 0.901. The molecule has 0 aliphatic rings. The van der Waals surface area contributed by atoms with E-state index in [9.17, 15) is 4.79 Å². The summed E-state index contributed by atoms with van der Waals surface area (Å²) in [5, 5.41) is 8.62. The number of aryl methyl sites for hydroxylation is 1. The monoisotopic (exact) mass is 252 g/mol. The van der Waals surface area contributed by atoms with Crippen LogP contribution in [0.1, 0.15) is 12.2 Å². The lowest BCUT2D eigenvalue weighted by molar-refractivity contribution is -0.137. The highest BCUT2D eigenvalue weighted by Crippen LogP contribution is 2.26. The van der Waals surface area contributed by atoms with Gasteiger partial charge in [0.05, 0.1) is 10.9 Å². The molecular formula is C7H6BrClO3. The molecule has 66 valence electrons. The van der Waals surface area contributed by atoms with E-state index in [0.29, 0.717) is 16.7 Å². The van der Waals surface area contributed by atoms with Gasteiger partial charge in [0.25, 0.3) is 0 Å². The van der Waals surface area contributed by atoms with Crippen LogP contribution in [0.2, 0.25) is 5.22 Å². The second kappa shape index (κ2) is 3.96. The molecule has 5 heteroatoms. The highest BCUT2D eigenvalue weighted by Gasteiger charge is 2.07. The Bertz CT molecular complexity index is 275.